The molecule has 0 unspecified atom stereocenters. The summed E-state index contributed by atoms with van der Waals surface area (Å²) in [5.74, 6) is 0.626. The summed E-state index contributed by atoms with van der Waals surface area (Å²) >= 11 is 5.30. The van der Waals surface area contributed by atoms with Gasteiger partial charge in [0.1, 0.15) is 5.92 Å². The quantitative estimate of drug-likeness (QED) is 0.764. The molecule has 1 aromatic carbocycles. The van der Waals surface area contributed by atoms with Gasteiger partial charge in [0.05, 0.1) is 33.5 Å². The van der Waals surface area contributed by atoms with Crippen LogP contribution in [0.5, 0.6) is 11.5 Å². The average molecular weight is 377 g/mol. The Morgan fingerprint density at radius 1 is 1.31 bits per heavy atom. The Kier molecular flexibility index (Phi) is 5.63. The molecule has 8 heteroatoms. The SMILES string of the molecule is C=C1NC(=S)N[C@@H](c2cccc(OC)c2OC)[C@@H]1C(=O)N1CCOCC1. The number of amides is 1. The van der Waals surface area contributed by atoms with E-state index in [2.05, 4.69) is 17.2 Å². The molecule has 0 bridgehead atoms. The van der Waals surface area contributed by atoms with Crippen LogP contribution in [0.15, 0.2) is 30.5 Å². The molecule has 0 saturated carbocycles. The molecule has 2 atom stereocenters. The Hall–Kier alpha value is -2.32. The minimum Gasteiger partial charge on any atom is -0.493 e. The highest BCUT2D eigenvalue weighted by molar-refractivity contribution is 7.80. The Morgan fingerprint density at radius 3 is 2.69 bits per heavy atom. The number of nitrogens with zero attached hydrogens (tertiary/aromatic N) is 1. The van der Waals surface area contributed by atoms with Crippen molar-refractivity contribution in [1.29, 1.82) is 0 Å². The largest absolute Gasteiger partial charge is 0.493 e. The van der Waals surface area contributed by atoms with Crippen molar-refractivity contribution >= 4 is 23.2 Å². The third-order valence-electron chi connectivity index (χ3n) is 4.63. The number of methoxy groups -OCH3 is 2. The summed E-state index contributed by atoms with van der Waals surface area (Å²) in [7, 11) is 3.16. The fourth-order valence-corrected chi connectivity index (χ4v) is 3.63. The first kappa shape index (κ1) is 18.5. The number of morpholine rings is 1. The fourth-order valence-electron chi connectivity index (χ4n) is 3.37. The number of carbonyl (C=O) groups excluding carboxylic acids is 1. The average Bonchev–Trinajstić information content (AvgIpc) is 2.66. The molecule has 2 heterocycles. The van der Waals surface area contributed by atoms with E-state index in [0.717, 1.165) is 5.56 Å². The monoisotopic (exact) mass is 377 g/mol. The van der Waals surface area contributed by atoms with E-state index in [0.29, 0.717) is 48.6 Å². The van der Waals surface area contributed by atoms with Gasteiger partial charge in [0.15, 0.2) is 16.6 Å². The van der Waals surface area contributed by atoms with Crippen molar-refractivity contribution in [2.24, 2.45) is 5.92 Å². The highest BCUT2D eigenvalue weighted by Gasteiger charge is 2.40. The van der Waals surface area contributed by atoms with Gasteiger partial charge in [-0.2, -0.15) is 0 Å². The maximum atomic E-state index is 13.2. The molecule has 2 N–H and O–H groups in total. The summed E-state index contributed by atoms with van der Waals surface area (Å²) in [6.45, 7) is 6.25. The summed E-state index contributed by atoms with van der Waals surface area (Å²) in [5.41, 5.74) is 1.36. The van der Waals surface area contributed by atoms with E-state index in [1.807, 2.05) is 18.2 Å². The molecule has 7 nitrogen and oxygen atoms in total. The van der Waals surface area contributed by atoms with Gasteiger partial charge >= 0.3 is 0 Å². The lowest BCUT2D eigenvalue weighted by molar-refractivity contribution is -0.139. The van der Waals surface area contributed by atoms with Crippen molar-refractivity contribution in [3.8, 4) is 11.5 Å². The Morgan fingerprint density at radius 2 is 2.04 bits per heavy atom. The van der Waals surface area contributed by atoms with Crippen molar-refractivity contribution in [3.63, 3.8) is 0 Å². The van der Waals surface area contributed by atoms with Crippen LogP contribution in [0, 0.1) is 5.92 Å². The zero-order valence-electron chi connectivity index (χ0n) is 14.9. The van der Waals surface area contributed by atoms with Crippen LogP contribution in [0.3, 0.4) is 0 Å². The Bertz CT molecular complexity index is 718. The number of hydrogen-bond donors (Lipinski definition) is 2. The summed E-state index contributed by atoms with van der Waals surface area (Å²) in [5, 5.41) is 6.62. The van der Waals surface area contributed by atoms with Gasteiger partial charge in [-0.15, -0.1) is 0 Å². The van der Waals surface area contributed by atoms with Crippen LogP contribution in [-0.4, -0.2) is 56.4 Å². The van der Waals surface area contributed by atoms with Crippen LogP contribution >= 0.6 is 12.2 Å². The lowest BCUT2D eigenvalue weighted by Crippen LogP contribution is -2.55. The van der Waals surface area contributed by atoms with Gasteiger partial charge in [-0.3, -0.25) is 4.79 Å². The molecule has 0 aromatic heterocycles. The smallest absolute Gasteiger partial charge is 0.234 e. The van der Waals surface area contributed by atoms with Gasteiger partial charge in [-0.1, -0.05) is 18.7 Å². The normalized spacial score (nSPS) is 23.1. The molecule has 2 fully saturated rings. The van der Waals surface area contributed by atoms with Gasteiger partial charge in [-0.05, 0) is 18.3 Å². The molecular formula is C18H23N3O4S. The molecular weight excluding hydrogens is 354 g/mol. The van der Waals surface area contributed by atoms with Gasteiger partial charge in [-0.25, -0.2) is 0 Å². The molecule has 26 heavy (non-hydrogen) atoms. The Balaban J connectivity index is 2.00. The second-order valence-corrected chi connectivity index (χ2v) is 6.51. The van der Waals surface area contributed by atoms with Crippen molar-refractivity contribution in [1.82, 2.24) is 15.5 Å². The number of para-hydroxylation sites is 1. The van der Waals surface area contributed by atoms with Crippen LogP contribution in [-0.2, 0) is 9.53 Å². The molecule has 0 radical (unpaired) electrons. The summed E-state index contributed by atoms with van der Waals surface area (Å²) in [6.07, 6.45) is 0. The number of benzene rings is 1. The summed E-state index contributed by atoms with van der Waals surface area (Å²) < 4.78 is 16.3. The summed E-state index contributed by atoms with van der Waals surface area (Å²) in [6, 6.07) is 5.18. The van der Waals surface area contributed by atoms with E-state index in [9.17, 15) is 4.79 Å². The number of ether oxygens (including phenoxy) is 3. The third-order valence-corrected chi connectivity index (χ3v) is 4.85. The first-order valence-electron chi connectivity index (χ1n) is 8.40. The standard InChI is InChI=1S/C18H23N3O4S/c1-11-14(17(22)21-7-9-25-10-8-21)15(20-18(26)19-11)12-5-4-6-13(23-2)16(12)24-3/h4-6,14-15H,1,7-10H2,2-3H3,(H2,19,20,26)/t14-,15+/m1/s1. The molecule has 1 aromatic rings. The van der Waals surface area contributed by atoms with Crippen LogP contribution in [0.25, 0.3) is 0 Å². The van der Waals surface area contributed by atoms with E-state index in [-0.39, 0.29) is 5.91 Å². The Labute approximate surface area is 158 Å². The predicted octanol–water partition coefficient (Wildman–Crippen LogP) is 1.21. The second kappa shape index (κ2) is 7.92. The van der Waals surface area contributed by atoms with E-state index < -0.39 is 12.0 Å². The van der Waals surface area contributed by atoms with E-state index in [1.54, 1.807) is 19.1 Å². The van der Waals surface area contributed by atoms with Gasteiger partial charge < -0.3 is 29.7 Å². The van der Waals surface area contributed by atoms with Crippen molar-refractivity contribution in [3.05, 3.63) is 36.0 Å². The van der Waals surface area contributed by atoms with Crippen LogP contribution in [0.4, 0.5) is 0 Å². The first-order valence-corrected chi connectivity index (χ1v) is 8.81. The zero-order valence-corrected chi connectivity index (χ0v) is 15.7. The molecule has 2 aliphatic rings. The highest BCUT2D eigenvalue weighted by atomic mass is 32.1. The number of rotatable bonds is 4. The third kappa shape index (κ3) is 3.47. The highest BCUT2D eigenvalue weighted by Crippen LogP contribution is 2.40. The van der Waals surface area contributed by atoms with Crippen LogP contribution in [0.1, 0.15) is 11.6 Å². The van der Waals surface area contributed by atoms with Crippen LogP contribution < -0.4 is 20.1 Å². The molecule has 140 valence electrons. The van der Waals surface area contributed by atoms with E-state index in [4.69, 9.17) is 26.4 Å². The lowest BCUT2D eigenvalue weighted by Gasteiger charge is -2.39. The molecule has 2 saturated heterocycles. The molecule has 1 amide bonds. The summed E-state index contributed by atoms with van der Waals surface area (Å²) in [4.78, 5) is 15.0. The number of hydrogen-bond acceptors (Lipinski definition) is 5. The molecule has 2 aliphatic heterocycles. The first-order chi connectivity index (χ1) is 12.6. The minimum absolute atomic E-state index is 0.0179. The van der Waals surface area contributed by atoms with E-state index in [1.165, 1.54) is 0 Å². The minimum atomic E-state index is -0.527. The van der Waals surface area contributed by atoms with Crippen molar-refractivity contribution in [2.45, 2.75) is 6.04 Å². The van der Waals surface area contributed by atoms with Crippen molar-refractivity contribution < 1.29 is 19.0 Å². The topological polar surface area (TPSA) is 72.1 Å². The maximum Gasteiger partial charge on any atom is 0.234 e. The fraction of sp³-hybridized carbons (Fsp3) is 0.444. The maximum absolute atomic E-state index is 13.2. The zero-order chi connectivity index (χ0) is 18.7. The van der Waals surface area contributed by atoms with Crippen LogP contribution in [0.2, 0.25) is 0 Å². The van der Waals surface area contributed by atoms with Gasteiger partial charge in [0, 0.05) is 24.4 Å². The van der Waals surface area contributed by atoms with Crippen molar-refractivity contribution in [2.75, 3.05) is 40.5 Å². The molecule has 0 spiro atoms. The molecule has 0 aliphatic carbocycles. The number of thiocarbonyl (C=S) groups is 1. The lowest BCUT2D eigenvalue weighted by atomic mass is 9.87. The van der Waals surface area contributed by atoms with Gasteiger partial charge in [0.2, 0.25) is 5.91 Å². The van der Waals surface area contributed by atoms with Gasteiger partial charge in [0.25, 0.3) is 0 Å². The molecule has 3 rings (SSSR count). The van der Waals surface area contributed by atoms with E-state index >= 15 is 0 Å². The second-order valence-electron chi connectivity index (χ2n) is 6.10. The predicted molar refractivity (Wildman–Crippen MR) is 101 cm³/mol. The number of carbonyl (C=O) groups is 1. The number of nitrogens with one attached hydrogen (secondary N) is 2.